The molecular weight excluding hydrogens is 214 g/mol. The Morgan fingerprint density at radius 3 is 2.88 bits per heavy atom. The third-order valence-electron chi connectivity index (χ3n) is 3.65. The highest BCUT2D eigenvalue weighted by Crippen LogP contribution is 2.24. The number of hydrogen-bond acceptors (Lipinski definition) is 4. The van der Waals surface area contributed by atoms with Crippen molar-refractivity contribution in [3.05, 3.63) is 5.82 Å². The third kappa shape index (κ3) is 2.60. The largest absolute Gasteiger partial charge is 0.337 e. The average molecular weight is 237 g/mol. The van der Waals surface area contributed by atoms with Gasteiger partial charge in [0.15, 0.2) is 0 Å². The molecule has 1 aromatic heterocycles. The van der Waals surface area contributed by atoms with Crippen molar-refractivity contribution in [1.29, 1.82) is 0 Å². The zero-order valence-corrected chi connectivity index (χ0v) is 11.2. The lowest BCUT2D eigenvalue weighted by Crippen LogP contribution is -2.49. The number of anilines is 1. The molecule has 0 aliphatic carbocycles. The number of aromatic nitrogens is 3. The summed E-state index contributed by atoms with van der Waals surface area (Å²) in [6.45, 7) is 11.7. The number of rotatable bonds is 3. The molecular formula is C12H23N5. The van der Waals surface area contributed by atoms with E-state index in [1.165, 1.54) is 0 Å². The van der Waals surface area contributed by atoms with Crippen molar-refractivity contribution in [2.24, 2.45) is 0 Å². The minimum Gasteiger partial charge on any atom is -0.337 e. The summed E-state index contributed by atoms with van der Waals surface area (Å²) >= 11 is 0. The molecule has 1 fully saturated rings. The maximum Gasteiger partial charge on any atom is 0.244 e. The molecule has 1 aliphatic heterocycles. The summed E-state index contributed by atoms with van der Waals surface area (Å²) < 4.78 is 0. The van der Waals surface area contributed by atoms with Crippen molar-refractivity contribution in [3.8, 4) is 0 Å². The molecule has 0 amide bonds. The first kappa shape index (κ1) is 12.4. The van der Waals surface area contributed by atoms with Gasteiger partial charge < -0.3 is 10.2 Å². The first-order valence-corrected chi connectivity index (χ1v) is 6.44. The van der Waals surface area contributed by atoms with Gasteiger partial charge in [0.05, 0.1) is 0 Å². The zero-order chi connectivity index (χ0) is 12.5. The van der Waals surface area contributed by atoms with E-state index in [-0.39, 0.29) is 5.41 Å². The SMILES string of the molecule is CCC(C)(C)c1nc(N2CCN[C@@H](C)C2)n[nH]1. The zero-order valence-electron chi connectivity index (χ0n) is 11.2. The van der Waals surface area contributed by atoms with Gasteiger partial charge in [0, 0.05) is 31.1 Å². The Hall–Kier alpha value is -1.10. The molecule has 2 heterocycles. The topological polar surface area (TPSA) is 56.8 Å². The van der Waals surface area contributed by atoms with Crippen molar-refractivity contribution in [2.45, 2.75) is 45.6 Å². The molecule has 0 aromatic carbocycles. The Labute approximate surface area is 103 Å². The van der Waals surface area contributed by atoms with E-state index in [0.29, 0.717) is 6.04 Å². The highest BCUT2D eigenvalue weighted by Gasteiger charge is 2.25. The van der Waals surface area contributed by atoms with Gasteiger partial charge in [-0.1, -0.05) is 20.8 Å². The maximum atomic E-state index is 4.64. The number of piperazine rings is 1. The fourth-order valence-electron chi connectivity index (χ4n) is 1.98. The minimum absolute atomic E-state index is 0.0743. The Bertz CT molecular complexity index is 371. The molecule has 0 unspecified atom stereocenters. The Kier molecular flexibility index (Phi) is 3.38. The van der Waals surface area contributed by atoms with E-state index in [9.17, 15) is 0 Å². The molecule has 0 radical (unpaired) electrons. The van der Waals surface area contributed by atoms with Crippen LogP contribution in [0.4, 0.5) is 5.95 Å². The molecule has 1 atom stereocenters. The first-order valence-electron chi connectivity index (χ1n) is 6.44. The second-order valence-corrected chi connectivity index (χ2v) is 5.52. The van der Waals surface area contributed by atoms with Crippen molar-refractivity contribution in [1.82, 2.24) is 20.5 Å². The lowest BCUT2D eigenvalue weighted by atomic mass is 9.90. The van der Waals surface area contributed by atoms with E-state index < -0.39 is 0 Å². The highest BCUT2D eigenvalue weighted by molar-refractivity contribution is 5.31. The fraction of sp³-hybridized carbons (Fsp3) is 0.833. The molecule has 5 nitrogen and oxygen atoms in total. The third-order valence-corrected chi connectivity index (χ3v) is 3.65. The molecule has 0 bridgehead atoms. The second kappa shape index (κ2) is 4.64. The summed E-state index contributed by atoms with van der Waals surface area (Å²) in [5.74, 6) is 1.83. The smallest absolute Gasteiger partial charge is 0.244 e. The van der Waals surface area contributed by atoms with E-state index in [1.54, 1.807) is 0 Å². The van der Waals surface area contributed by atoms with Gasteiger partial charge in [-0.15, -0.1) is 5.10 Å². The molecule has 2 N–H and O–H groups in total. The van der Waals surface area contributed by atoms with E-state index in [2.05, 4.69) is 53.1 Å². The Morgan fingerprint density at radius 1 is 1.47 bits per heavy atom. The normalized spacial score (nSPS) is 21.9. The number of aromatic amines is 1. The molecule has 96 valence electrons. The first-order chi connectivity index (χ1) is 8.03. The van der Waals surface area contributed by atoms with Crippen LogP contribution in [0, 0.1) is 0 Å². The van der Waals surface area contributed by atoms with Gasteiger partial charge in [-0.05, 0) is 13.3 Å². The second-order valence-electron chi connectivity index (χ2n) is 5.52. The molecule has 0 saturated carbocycles. The lowest BCUT2D eigenvalue weighted by Gasteiger charge is -2.30. The maximum absolute atomic E-state index is 4.64. The van der Waals surface area contributed by atoms with Gasteiger partial charge in [0.25, 0.3) is 0 Å². The van der Waals surface area contributed by atoms with Gasteiger partial charge >= 0.3 is 0 Å². The van der Waals surface area contributed by atoms with Crippen molar-refractivity contribution >= 4 is 5.95 Å². The van der Waals surface area contributed by atoms with Gasteiger partial charge in [0.2, 0.25) is 5.95 Å². The van der Waals surface area contributed by atoms with Crippen LogP contribution < -0.4 is 10.2 Å². The van der Waals surface area contributed by atoms with Crippen LogP contribution in [0.1, 0.15) is 39.9 Å². The van der Waals surface area contributed by atoms with E-state index in [0.717, 1.165) is 37.8 Å². The van der Waals surface area contributed by atoms with E-state index in [1.807, 2.05) is 0 Å². The summed E-state index contributed by atoms with van der Waals surface area (Å²) in [6.07, 6.45) is 1.06. The summed E-state index contributed by atoms with van der Waals surface area (Å²) in [5, 5.41) is 10.9. The van der Waals surface area contributed by atoms with Crippen LogP contribution in [-0.4, -0.2) is 40.9 Å². The minimum atomic E-state index is 0.0743. The molecule has 1 aromatic rings. The van der Waals surface area contributed by atoms with Crippen LogP contribution in [0.2, 0.25) is 0 Å². The number of hydrogen-bond donors (Lipinski definition) is 2. The van der Waals surface area contributed by atoms with Crippen LogP contribution in [-0.2, 0) is 5.41 Å². The predicted molar refractivity (Wildman–Crippen MR) is 69.4 cm³/mol. The van der Waals surface area contributed by atoms with Crippen LogP contribution >= 0.6 is 0 Å². The van der Waals surface area contributed by atoms with Crippen LogP contribution in [0.3, 0.4) is 0 Å². The Balaban J connectivity index is 2.12. The quantitative estimate of drug-likeness (QED) is 0.832. The summed E-state index contributed by atoms with van der Waals surface area (Å²) in [5.41, 5.74) is 0.0743. The van der Waals surface area contributed by atoms with E-state index >= 15 is 0 Å². The summed E-state index contributed by atoms with van der Waals surface area (Å²) in [6, 6.07) is 0.505. The average Bonchev–Trinajstić information content (AvgIpc) is 2.79. The lowest BCUT2D eigenvalue weighted by molar-refractivity contribution is 0.471. The summed E-state index contributed by atoms with van der Waals surface area (Å²) in [4.78, 5) is 6.89. The fourth-order valence-corrected chi connectivity index (χ4v) is 1.98. The molecule has 2 rings (SSSR count). The standard InChI is InChI=1S/C12H23N5/c1-5-12(3,4)10-14-11(16-15-10)17-7-6-13-9(2)8-17/h9,13H,5-8H2,1-4H3,(H,14,15,16)/t9-/m0/s1. The highest BCUT2D eigenvalue weighted by atomic mass is 15.4. The molecule has 1 aliphatic rings. The van der Waals surface area contributed by atoms with Gasteiger partial charge in [0.1, 0.15) is 5.82 Å². The van der Waals surface area contributed by atoms with Crippen LogP contribution in [0.25, 0.3) is 0 Å². The van der Waals surface area contributed by atoms with Crippen LogP contribution in [0.15, 0.2) is 0 Å². The number of nitrogens with zero attached hydrogens (tertiary/aromatic N) is 3. The molecule has 5 heteroatoms. The van der Waals surface area contributed by atoms with E-state index in [4.69, 9.17) is 0 Å². The van der Waals surface area contributed by atoms with Crippen molar-refractivity contribution < 1.29 is 0 Å². The van der Waals surface area contributed by atoms with Gasteiger partial charge in [-0.3, -0.25) is 5.10 Å². The van der Waals surface area contributed by atoms with Gasteiger partial charge in [-0.25, -0.2) is 0 Å². The molecule has 1 saturated heterocycles. The monoisotopic (exact) mass is 237 g/mol. The van der Waals surface area contributed by atoms with Crippen molar-refractivity contribution in [2.75, 3.05) is 24.5 Å². The number of nitrogens with one attached hydrogen (secondary N) is 2. The van der Waals surface area contributed by atoms with Crippen molar-refractivity contribution in [3.63, 3.8) is 0 Å². The number of H-pyrrole nitrogens is 1. The predicted octanol–water partition coefficient (Wildman–Crippen LogP) is 1.29. The van der Waals surface area contributed by atoms with Gasteiger partial charge in [-0.2, -0.15) is 4.98 Å². The molecule has 17 heavy (non-hydrogen) atoms. The van der Waals surface area contributed by atoms with Crippen LogP contribution in [0.5, 0.6) is 0 Å². The molecule has 0 spiro atoms. The summed E-state index contributed by atoms with van der Waals surface area (Å²) in [7, 11) is 0. The Morgan fingerprint density at radius 2 is 2.24 bits per heavy atom.